The molecule has 1 aromatic rings. The SMILES string of the molecule is CSCCC(NC(N)=O)C(=O)NCCSCc1ccc(C)cc1. The third-order valence-electron chi connectivity index (χ3n) is 3.18. The van der Waals surface area contributed by atoms with Crippen molar-refractivity contribution in [1.82, 2.24) is 10.6 Å². The van der Waals surface area contributed by atoms with E-state index in [0.29, 0.717) is 13.0 Å². The Morgan fingerprint density at radius 1 is 1.22 bits per heavy atom. The summed E-state index contributed by atoms with van der Waals surface area (Å²) in [6, 6.07) is 7.22. The largest absolute Gasteiger partial charge is 0.353 e. The zero-order valence-corrected chi connectivity index (χ0v) is 15.3. The van der Waals surface area contributed by atoms with Crippen molar-refractivity contribution in [2.75, 3.05) is 24.3 Å². The molecule has 0 aliphatic heterocycles. The van der Waals surface area contributed by atoms with E-state index >= 15 is 0 Å². The second-order valence-corrected chi connectivity index (χ2v) is 7.26. The molecule has 0 aliphatic rings. The molecule has 3 amide bonds. The van der Waals surface area contributed by atoms with Crippen LogP contribution in [0.1, 0.15) is 17.5 Å². The van der Waals surface area contributed by atoms with Crippen LogP contribution < -0.4 is 16.4 Å². The van der Waals surface area contributed by atoms with Gasteiger partial charge in [0.25, 0.3) is 0 Å². The highest BCUT2D eigenvalue weighted by Gasteiger charge is 2.18. The molecule has 0 fully saturated rings. The molecule has 0 saturated carbocycles. The number of hydrogen-bond donors (Lipinski definition) is 3. The molecule has 128 valence electrons. The Balaban J connectivity index is 2.25. The molecule has 0 heterocycles. The van der Waals surface area contributed by atoms with Crippen LogP contribution in [-0.4, -0.2) is 42.3 Å². The van der Waals surface area contributed by atoms with E-state index in [1.165, 1.54) is 11.1 Å². The second-order valence-electron chi connectivity index (χ2n) is 5.17. The van der Waals surface area contributed by atoms with Gasteiger partial charge in [0.05, 0.1) is 0 Å². The number of nitrogens with one attached hydrogen (secondary N) is 2. The van der Waals surface area contributed by atoms with Gasteiger partial charge in [-0.05, 0) is 30.9 Å². The molecular weight excluding hydrogens is 330 g/mol. The number of rotatable bonds is 10. The highest BCUT2D eigenvalue weighted by Crippen LogP contribution is 2.12. The van der Waals surface area contributed by atoms with Gasteiger partial charge in [-0.15, -0.1) is 0 Å². The van der Waals surface area contributed by atoms with Crippen LogP contribution in [0.3, 0.4) is 0 Å². The molecule has 0 bridgehead atoms. The molecule has 0 spiro atoms. The van der Waals surface area contributed by atoms with Crippen molar-refractivity contribution in [2.24, 2.45) is 5.73 Å². The first kappa shape index (κ1) is 19.7. The number of carbonyl (C=O) groups is 2. The summed E-state index contributed by atoms with van der Waals surface area (Å²) in [4.78, 5) is 23.0. The predicted octanol–water partition coefficient (Wildman–Crippen LogP) is 2.13. The topological polar surface area (TPSA) is 84.2 Å². The predicted molar refractivity (Wildman–Crippen MR) is 99.9 cm³/mol. The summed E-state index contributed by atoms with van der Waals surface area (Å²) in [5.74, 6) is 2.37. The number of primary amides is 1. The molecule has 4 N–H and O–H groups in total. The molecule has 7 heteroatoms. The molecule has 1 unspecified atom stereocenters. The number of carbonyl (C=O) groups excluding carboxylic acids is 2. The van der Waals surface area contributed by atoms with E-state index in [1.54, 1.807) is 23.5 Å². The van der Waals surface area contributed by atoms with Gasteiger partial charge in [-0.25, -0.2) is 4.79 Å². The molecule has 5 nitrogen and oxygen atoms in total. The van der Waals surface area contributed by atoms with Crippen LogP contribution >= 0.6 is 23.5 Å². The number of nitrogens with two attached hydrogens (primary N) is 1. The molecule has 1 rings (SSSR count). The molecule has 0 aromatic heterocycles. The summed E-state index contributed by atoms with van der Waals surface area (Å²) in [5.41, 5.74) is 7.65. The van der Waals surface area contributed by atoms with Gasteiger partial charge in [0.1, 0.15) is 6.04 Å². The van der Waals surface area contributed by atoms with E-state index in [2.05, 4.69) is 41.8 Å². The summed E-state index contributed by atoms with van der Waals surface area (Å²) in [6.45, 7) is 2.64. The Hall–Kier alpha value is -1.34. The zero-order valence-electron chi connectivity index (χ0n) is 13.6. The van der Waals surface area contributed by atoms with E-state index < -0.39 is 12.1 Å². The van der Waals surface area contributed by atoms with Gasteiger partial charge >= 0.3 is 6.03 Å². The molecule has 0 aliphatic carbocycles. The van der Waals surface area contributed by atoms with Crippen LogP contribution in [0.5, 0.6) is 0 Å². The normalized spacial score (nSPS) is 11.7. The maximum Gasteiger partial charge on any atom is 0.312 e. The lowest BCUT2D eigenvalue weighted by molar-refractivity contribution is -0.122. The third kappa shape index (κ3) is 8.76. The van der Waals surface area contributed by atoms with Crippen LogP contribution in [0.2, 0.25) is 0 Å². The van der Waals surface area contributed by atoms with E-state index in [1.807, 2.05) is 6.26 Å². The Morgan fingerprint density at radius 3 is 2.52 bits per heavy atom. The fourth-order valence-corrected chi connectivity index (χ4v) is 3.21. The quantitative estimate of drug-likeness (QED) is 0.561. The average molecular weight is 356 g/mol. The Bertz CT molecular complexity index is 495. The van der Waals surface area contributed by atoms with Crippen molar-refractivity contribution in [3.8, 4) is 0 Å². The summed E-state index contributed by atoms with van der Waals surface area (Å²) < 4.78 is 0. The van der Waals surface area contributed by atoms with Crippen LogP contribution in [0.15, 0.2) is 24.3 Å². The summed E-state index contributed by atoms with van der Waals surface area (Å²) in [5, 5.41) is 5.35. The van der Waals surface area contributed by atoms with Crippen LogP contribution in [-0.2, 0) is 10.5 Å². The number of aryl methyl sites for hydroxylation is 1. The minimum atomic E-state index is -0.667. The first-order valence-electron chi connectivity index (χ1n) is 7.49. The average Bonchev–Trinajstić information content (AvgIpc) is 2.52. The first-order valence-corrected chi connectivity index (χ1v) is 10.0. The highest BCUT2D eigenvalue weighted by molar-refractivity contribution is 7.98. The minimum absolute atomic E-state index is 0.172. The van der Waals surface area contributed by atoms with Crippen molar-refractivity contribution in [3.05, 3.63) is 35.4 Å². The Kier molecular flexibility index (Phi) is 9.63. The molecule has 0 radical (unpaired) electrons. The lowest BCUT2D eigenvalue weighted by Gasteiger charge is -2.16. The van der Waals surface area contributed by atoms with Crippen molar-refractivity contribution in [1.29, 1.82) is 0 Å². The Morgan fingerprint density at radius 2 is 1.91 bits per heavy atom. The zero-order chi connectivity index (χ0) is 17.1. The highest BCUT2D eigenvalue weighted by atomic mass is 32.2. The minimum Gasteiger partial charge on any atom is -0.353 e. The van der Waals surface area contributed by atoms with Gasteiger partial charge in [0, 0.05) is 18.1 Å². The van der Waals surface area contributed by atoms with Crippen LogP contribution in [0.4, 0.5) is 4.79 Å². The van der Waals surface area contributed by atoms with E-state index in [4.69, 9.17) is 5.73 Å². The standard InChI is InChI=1S/C16H25N3O2S2/c1-12-3-5-13(6-4-12)11-23-10-8-18-15(20)14(7-9-22-2)19-16(17)21/h3-6,14H,7-11H2,1-2H3,(H,18,20)(H3,17,19,21). The fourth-order valence-electron chi connectivity index (χ4n) is 1.92. The molecule has 1 atom stereocenters. The van der Waals surface area contributed by atoms with Gasteiger partial charge < -0.3 is 16.4 Å². The van der Waals surface area contributed by atoms with Crippen molar-refractivity contribution < 1.29 is 9.59 Å². The summed E-state index contributed by atoms with van der Waals surface area (Å²) in [6.07, 6.45) is 2.54. The number of benzene rings is 1. The van der Waals surface area contributed by atoms with E-state index in [0.717, 1.165) is 17.3 Å². The molecular formula is C16H25N3O2S2. The first-order chi connectivity index (χ1) is 11.0. The number of hydrogen-bond acceptors (Lipinski definition) is 4. The van der Waals surface area contributed by atoms with Crippen molar-refractivity contribution >= 4 is 35.5 Å². The van der Waals surface area contributed by atoms with Gasteiger partial charge in [0.15, 0.2) is 0 Å². The number of urea groups is 1. The second kappa shape index (κ2) is 11.2. The van der Waals surface area contributed by atoms with Crippen molar-refractivity contribution in [3.63, 3.8) is 0 Å². The summed E-state index contributed by atoms with van der Waals surface area (Å²) >= 11 is 3.40. The lowest BCUT2D eigenvalue weighted by Crippen LogP contribution is -2.49. The monoisotopic (exact) mass is 355 g/mol. The van der Waals surface area contributed by atoms with Crippen LogP contribution in [0, 0.1) is 6.92 Å². The number of thioether (sulfide) groups is 2. The summed E-state index contributed by atoms with van der Waals surface area (Å²) in [7, 11) is 0. The van der Waals surface area contributed by atoms with E-state index in [-0.39, 0.29) is 5.91 Å². The smallest absolute Gasteiger partial charge is 0.312 e. The molecule has 0 saturated heterocycles. The maximum absolute atomic E-state index is 12.1. The molecule has 1 aromatic carbocycles. The molecule has 23 heavy (non-hydrogen) atoms. The van der Waals surface area contributed by atoms with E-state index in [9.17, 15) is 9.59 Å². The van der Waals surface area contributed by atoms with Gasteiger partial charge in [-0.3, -0.25) is 4.79 Å². The van der Waals surface area contributed by atoms with Crippen molar-refractivity contribution in [2.45, 2.75) is 25.1 Å². The van der Waals surface area contributed by atoms with Gasteiger partial charge in [0.2, 0.25) is 5.91 Å². The fraction of sp³-hybridized carbons (Fsp3) is 0.500. The van der Waals surface area contributed by atoms with Gasteiger partial charge in [-0.1, -0.05) is 29.8 Å². The van der Waals surface area contributed by atoms with Crippen LogP contribution in [0.25, 0.3) is 0 Å². The maximum atomic E-state index is 12.1. The number of amides is 3. The lowest BCUT2D eigenvalue weighted by atomic mass is 10.2. The third-order valence-corrected chi connectivity index (χ3v) is 4.85. The van der Waals surface area contributed by atoms with Gasteiger partial charge in [-0.2, -0.15) is 23.5 Å². The Labute approximate surface area is 146 Å².